The Kier molecular flexibility index (Phi) is 5.75. The number of nitrogens with one attached hydrogen (secondary N) is 2. The number of nitrogens with zero attached hydrogens (tertiary/aromatic N) is 2. The van der Waals surface area contributed by atoms with Crippen molar-refractivity contribution < 1.29 is 31.7 Å². The van der Waals surface area contributed by atoms with Crippen molar-refractivity contribution in [3.8, 4) is 0 Å². The number of amides is 3. The lowest BCUT2D eigenvalue weighted by molar-refractivity contribution is -0.138. The van der Waals surface area contributed by atoms with Gasteiger partial charge in [0.2, 0.25) is 0 Å². The normalized spacial score (nSPS) is 24.2. The Morgan fingerprint density at radius 3 is 2.83 bits per heavy atom. The molecule has 12 heteroatoms. The van der Waals surface area contributed by atoms with Crippen molar-refractivity contribution in [2.75, 3.05) is 26.2 Å². The van der Waals surface area contributed by atoms with Crippen LogP contribution in [0.5, 0.6) is 0 Å². The van der Waals surface area contributed by atoms with Gasteiger partial charge in [-0.15, -0.1) is 4.28 Å². The zero-order chi connectivity index (χ0) is 17.0. The van der Waals surface area contributed by atoms with E-state index < -0.39 is 34.4 Å². The lowest BCUT2D eigenvalue weighted by Gasteiger charge is -2.28. The molecule has 2 atom stereocenters. The molecule has 0 unspecified atom stereocenters. The lowest BCUT2D eigenvalue weighted by atomic mass is 10.0. The van der Waals surface area contributed by atoms with E-state index in [9.17, 15) is 18.0 Å². The maximum Gasteiger partial charge on any atom is 0.418 e. The van der Waals surface area contributed by atoms with Gasteiger partial charge < -0.3 is 10.2 Å². The summed E-state index contributed by atoms with van der Waals surface area (Å²) in [6.07, 6.45) is 0.706. The summed E-state index contributed by atoms with van der Waals surface area (Å²) in [5.74, 6) is -0.484. The third kappa shape index (κ3) is 4.51. The molecule has 2 rings (SSSR count). The highest BCUT2D eigenvalue weighted by Crippen LogP contribution is 2.30. The number of fused-ring (bicyclic) bond motifs is 2. The van der Waals surface area contributed by atoms with E-state index in [-0.39, 0.29) is 13.2 Å². The van der Waals surface area contributed by atoms with Gasteiger partial charge in [-0.05, 0) is 19.4 Å². The van der Waals surface area contributed by atoms with Crippen molar-refractivity contribution in [3.63, 3.8) is 0 Å². The summed E-state index contributed by atoms with van der Waals surface area (Å²) in [4.78, 5) is 30.4. The molecule has 2 bridgehead atoms. The highest BCUT2D eigenvalue weighted by molar-refractivity contribution is 7.80. The second kappa shape index (κ2) is 7.40. The van der Waals surface area contributed by atoms with Crippen molar-refractivity contribution >= 4 is 22.3 Å². The number of rotatable bonds is 8. The Hall–Kier alpha value is -1.47. The van der Waals surface area contributed by atoms with Crippen molar-refractivity contribution in [1.82, 2.24) is 20.8 Å². The summed E-state index contributed by atoms with van der Waals surface area (Å²) in [6, 6.07) is -2.08. The molecular weight excluding hydrogens is 332 g/mol. The van der Waals surface area contributed by atoms with E-state index in [1.807, 2.05) is 6.92 Å². The number of likely N-dealkylation sites (N-methyl/N-ethyl adjacent to an activating group) is 1. The van der Waals surface area contributed by atoms with Gasteiger partial charge in [0, 0.05) is 13.1 Å². The molecule has 2 aliphatic heterocycles. The fourth-order valence-electron chi connectivity index (χ4n) is 2.59. The molecule has 132 valence electrons. The Bertz CT molecular complexity index is 555. The predicted molar refractivity (Wildman–Crippen MR) is 76.0 cm³/mol. The van der Waals surface area contributed by atoms with Crippen LogP contribution in [0, 0.1) is 0 Å². The molecule has 0 aromatic carbocycles. The van der Waals surface area contributed by atoms with Gasteiger partial charge in [0.1, 0.15) is 6.04 Å². The number of hydrogen-bond donors (Lipinski definition) is 3. The highest BCUT2D eigenvalue weighted by Gasteiger charge is 2.49. The molecule has 0 aromatic heterocycles. The Morgan fingerprint density at radius 2 is 2.17 bits per heavy atom. The molecule has 0 spiro atoms. The van der Waals surface area contributed by atoms with E-state index in [4.69, 9.17) is 9.39 Å². The number of piperidine rings is 1. The molecule has 2 saturated heterocycles. The summed E-state index contributed by atoms with van der Waals surface area (Å²) in [5.41, 5.74) is 2.28. The molecule has 2 heterocycles. The maximum absolute atomic E-state index is 12.1. The first kappa shape index (κ1) is 17.9. The van der Waals surface area contributed by atoms with Crippen LogP contribution in [0.3, 0.4) is 0 Å². The van der Waals surface area contributed by atoms with Gasteiger partial charge in [-0.1, -0.05) is 6.92 Å². The zero-order valence-electron chi connectivity index (χ0n) is 12.6. The van der Waals surface area contributed by atoms with Crippen LogP contribution in [-0.2, 0) is 24.3 Å². The smallest absolute Gasteiger partial charge is 0.315 e. The molecule has 2 fully saturated rings. The van der Waals surface area contributed by atoms with Gasteiger partial charge in [-0.3, -0.25) is 14.2 Å². The molecule has 0 radical (unpaired) electrons. The van der Waals surface area contributed by atoms with Crippen LogP contribution >= 0.6 is 0 Å². The van der Waals surface area contributed by atoms with Crippen molar-refractivity contribution in [2.45, 2.75) is 31.8 Å². The van der Waals surface area contributed by atoms with Crippen LogP contribution < -0.4 is 10.8 Å². The van der Waals surface area contributed by atoms with Gasteiger partial charge in [0.05, 0.1) is 12.6 Å². The summed E-state index contributed by atoms with van der Waals surface area (Å²) >= 11 is 0. The maximum atomic E-state index is 12.1. The second-order valence-electron chi connectivity index (χ2n) is 5.18. The lowest BCUT2D eigenvalue weighted by Crippen LogP contribution is -2.50. The molecule has 0 aromatic rings. The largest absolute Gasteiger partial charge is 0.418 e. The Labute approximate surface area is 133 Å². The first-order valence-corrected chi connectivity index (χ1v) is 8.59. The first-order chi connectivity index (χ1) is 10.8. The number of carbonyl (C=O) groups excluding carboxylic acids is 2. The SMILES string of the molecule is CCNCCONC(=O)[C@@H]1CC[C@@H]2CN1C(=O)N2OS(=O)(=O)O. The molecule has 23 heavy (non-hydrogen) atoms. The zero-order valence-corrected chi connectivity index (χ0v) is 13.4. The average molecular weight is 352 g/mol. The minimum Gasteiger partial charge on any atom is -0.315 e. The van der Waals surface area contributed by atoms with Gasteiger partial charge >= 0.3 is 16.4 Å². The van der Waals surface area contributed by atoms with Crippen LogP contribution in [0.15, 0.2) is 0 Å². The quantitative estimate of drug-likeness (QED) is 0.277. The van der Waals surface area contributed by atoms with E-state index in [0.717, 1.165) is 6.54 Å². The van der Waals surface area contributed by atoms with Gasteiger partial charge in [0.15, 0.2) is 0 Å². The molecule has 11 nitrogen and oxygen atoms in total. The summed E-state index contributed by atoms with van der Waals surface area (Å²) in [5, 5.41) is 3.61. The van der Waals surface area contributed by atoms with Gasteiger partial charge in [-0.25, -0.2) is 10.3 Å². The number of urea groups is 1. The van der Waals surface area contributed by atoms with Crippen LogP contribution in [-0.4, -0.2) is 73.2 Å². The van der Waals surface area contributed by atoms with E-state index >= 15 is 0 Å². The number of hydrogen-bond acceptors (Lipinski definition) is 7. The highest BCUT2D eigenvalue weighted by atomic mass is 32.3. The van der Waals surface area contributed by atoms with E-state index in [0.29, 0.717) is 24.4 Å². The van der Waals surface area contributed by atoms with Gasteiger partial charge in [0.25, 0.3) is 5.91 Å². The fraction of sp³-hybridized carbons (Fsp3) is 0.818. The third-order valence-electron chi connectivity index (χ3n) is 3.60. The van der Waals surface area contributed by atoms with E-state index in [1.54, 1.807) is 0 Å². The Morgan fingerprint density at radius 1 is 1.43 bits per heavy atom. The second-order valence-corrected chi connectivity index (χ2v) is 6.18. The van der Waals surface area contributed by atoms with Crippen molar-refractivity contribution in [3.05, 3.63) is 0 Å². The van der Waals surface area contributed by atoms with Crippen LogP contribution in [0.1, 0.15) is 19.8 Å². The molecule has 3 amide bonds. The summed E-state index contributed by atoms with van der Waals surface area (Å²) in [7, 11) is -4.79. The molecule has 3 N–H and O–H groups in total. The monoisotopic (exact) mass is 352 g/mol. The van der Waals surface area contributed by atoms with Crippen LogP contribution in [0.25, 0.3) is 0 Å². The minimum absolute atomic E-state index is 0.143. The van der Waals surface area contributed by atoms with Crippen LogP contribution in [0.4, 0.5) is 4.79 Å². The van der Waals surface area contributed by atoms with E-state index in [2.05, 4.69) is 15.1 Å². The Balaban J connectivity index is 1.89. The van der Waals surface area contributed by atoms with Crippen molar-refractivity contribution in [2.24, 2.45) is 0 Å². The molecule has 0 saturated carbocycles. The standard InChI is InChI=1S/C11H20N4O7S/c1-2-12-5-6-21-13-10(16)9-4-3-8-7-14(9)11(17)15(8)22-23(18,19)20/h8-9,12H,2-7H2,1H3,(H,13,16)(H,18,19,20)/t8-,9+/m1/s1. The van der Waals surface area contributed by atoms with Crippen molar-refractivity contribution in [1.29, 1.82) is 0 Å². The van der Waals surface area contributed by atoms with Crippen LogP contribution in [0.2, 0.25) is 0 Å². The van der Waals surface area contributed by atoms with E-state index in [1.165, 1.54) is 4.90 Å². The minimum atomic E-state index is -4.79. The number of carbonyl (C=O) groups is 2. The average Bonchev–Trinajstić information content (AvgIpc) is 2.71. The molecule has 0 aliphatic carbocycles. The van der Waals surface area contributed by atoms with Gasteiger partial charge in [-0.2, -0.15) is 13.5 Å². The molecular formula is C11H20N4O7S. The first-order valence-electron chi connectivity index (χ1n) is 7.22. The predicted octanol–water partition coefficient (Wildman–Crippen LogP) is -1.35. The topological polar surface area (TPSA) is 138 Å². The molecule has 2 aliphatic rings. The number of hydroxylamine groups is 3. The fourth-order valence-corrected chi connectivity index (χ4v) is 2.98. The summed E-state index contributed by atoms with van der Waals surface area (Å²) < 4.78 is 34.5. The third-order valence-corrected chi connectivity index (χ3v) is 3.95. The summed E-state index contributed by atoms with van der Waals surface area (Å²) in [6.45, 7) is 3.72.